The molecule has 16 heavy (non-hydrogen) atoms. The summed E-state index contributed by atoms with van der Waals surface area (Å²) in [6.07, 6.45) is 1.68. The summed E-state index contributed by atoms with van der Waals surface area (Å²) in [6, 6.07) is 2.09. The number of hydrogen-bond acceptors (Lipinski definition) is 4. The van der Waals surface area contributed by atoms with E-state index >= 15 is 0 Å². The number of hydrogen-bond donors (Lipinski definition) is 2. The van der Waals surface area contributed by atoms with Crippen molar-refractivity contribution in [2.75, 3.05) is 11.1 Å². The van der Waals surface area contributed by atoms with E-state index in [1.54, 1.807) is 17.5 Å². The van der Waals surface area contributed by atoms with E-state index in [2.05, 4.69) is 43.1 Å². The SMILES string of the molecule is Cc1c(N)cnc(NCc2ccsc2)c1Br. The maximum Gasteiger partial charge on any atom is 0.140 e. The first-order valence-electron chi connectivity index (χ1n) is 4.84. The lowest BCUT2D eigenvalue weighted by Gasteiger charge is -2.10. The zero-order valence-electron chi connectivity index (χ0n) is 8.83. The third kappa shape index (κ3) is 2.36. The molecule has 0 bridgehead atoms. The summed E-state index contributed by atoms with van der Waals surface area (Å²) in [5, 5.41) is 7.46. The zero-order valence-corrected chi connectivity index (χ0v) is 11.2. The van der Waals surface area contributed by atoms with Crippen LogP contribution in [0.5, 0.6) is 0 Å². The first-order valence-corrected chi connectivity index (χ1v) is 6.57. The number of thiophene rings is 1. The van der Waals surface area contributed by atoms with E-state index in [9.17, 15) is 0 Å². The molecule has 0 aliphatic rings. The van der Waals surface area contributed by atoms with Crippen LogP contribution in [0.3, 0.4) is 0 Å². The second kappa shape index (κ2) is 4.84. The highest BCUT2D eigenvalue weighted by molar-refractivity contribution is 9.10. The minimum absolute atomic E-state index is 0.702. The molecule has 2 rings (SSSR count). The summed E-state index contributed by atoms with van der Waals surface area (Å²) >= 11 is 5.19. The predicted molar refractivity (Wildman–Crippen MR) is 72.7 cm³/mol. The largest absolute Gasteiger partial charge is 0.397 e. The fraction of sp³-hybridized carbons (Fsp3) is 0.182. The second-order valence-electron chi connectivity index (χ2n) is 3.49. The molecule has 0 spiro atoms. The van der Waals surface area contributed by atoms with Crippen molar-refractivity contribution in [2.45, 2.75) is 13.5 Å². The first-order chi connectivity index (χ1) is 7.68. The van der Waals surface area contributed by atoms with E-state index in [0.717, 1.165) is 22.4 Å². The minimum Gasteiger partial charge on any atom is -0.397 e. The number of anilines is 2. The van der Waals surface area contributed by atoms with E-state index in [0.29, 0.717) is 5.69 Å². The normalized spacial score (nSPS) is 10.4. The summed E-state index contributed by atoms with van der Waals surface area (Å²) < 4.78 is 0.933. The molecule has 5 heteroatoms. The van der Waals surface area contributed by atoms with Crippen molar-refractivity contribution < 1.29 is 0 Å². The standard InChI is InChI=1S/C11H12BrN3S/c1-7-9(13)5-15-11(10(7)12)14-4-8-2-3-16-6-8/h2-3,5-6H,4,13H2,1H3,(H,14,15). The van der Waals surface area contributed by atoms with Gasteiger partial charge in [-0.05, 0) is 50.8 Å². The highest BCUT2D eigenvalue weighted by Gasteiger charge is 2.06. The zero-order chi connectivity index (χ0) is 11.5. The molecule has 84 valence electrons. The van der Waals surface area contributed by atoms with Crippen molar-refractivity contribution >= 4 is 38.8 Å². The van der Waals surface area contributed by atoms with Crippen molar-refractivity contribution in [3.05, 3.63) is 38.6 Å². The molecule has 3 nitrogen and oxygen atoms in total. The lowest BCUT2D eigenvalue weighted by atomic mass is 10.2. The lowest BCUT2D eigenvalue weighted by Crippen LogP contribution is -2.03. The summed E-state index contributed by atoms with van der Waals surface area (Å²) in [4.78, 5) is 4.26. The Labute approximate surface area is 107 Å². The van der Waals surface area contributed by atoms with Gasteiger partial charge in [0, 0.05) is 6.54 Å². The molecule has 2 aromatic rings. The number of nitrogens with two attached hydrogens (primary N) is 1. The van der Waals surface area contributed by atoms with Gasteiger partial charge < -0.3 is 11.1 Å². The van der Waals surface area contributed by atoms with Crippen LogP contribution in [0.15, 0.2) is 27.5 Å². The Morgan fingerprint density at radius 2 is 2.38 bits per heavy atom. The molecule has 0 radical (unpaired) electrons. The number of nitrogen functional groups attached to an aromatic ring is 1. The Hall–Kier alpha value is -1.07. The molecule has 0 atom stereocenters. The Morgan fingerprint density at radius 3 is 3.06 bits per heavy atom. The predicted octanol–water partition coefficient (Wildman–Crippen LogP) is 3.41. The number of nitrogens with one attached hydrogen (secondary N) is 1. The minimum atomic E-state index is 0.702. The number of rotatable bonds is 3. The smallest absolute Gasteiger partial charge is 0.140 e. The molecule has 0 fully saturated rings. The topological polar surface area (TPSA) is 50.9 Å². The van der Waals surface area contributed by atoms with Gasteiger partial charge >= 0.3 is 0 Å². The van der Waals surface area contributed by atoms with Crippen LogP contribution in [-0.4, -0.2) is 4.98 Å². The lowest BCUT2D eigenvalue weighted by molar-refractivity contribution is 1.11. The number of nitrogens with zero attached hydrogens (tertiary/aromatic N) is 1. The Kier molecular flexibility index (Phi) is 3.46. The molecule has 3 N–H and O–H groups in total. The van der Waals surface area contributed by atoms with Crippen molar-refractivity contribution in [3.63, 3.8) is 0 Å². The maximum absolute atomic E-state index is 5.76. The van der Waals surface area contributed by atoms with Crippen molar-refractivity contribution in [1.29, 1.82) is 0 Å². The first kappa shape index (κ1) is 11.4. The van der Waals surface area contributed by atoms with Gasteiger partial charge in [-0.2, -0.15) is 11.3 Å². The van der Waals surface area contributed by atoms with Crippen LogP contribution < -0.4 is 11.1 Å². The van der Waals surface area contributed by atoms with Gasteiger partial charge in [-0.25, -0.2) is 4.98 Å². The molecule has 0 aromatic carbocycles. The van der Waals surface area contributed by atoms with E-state index < -0.39 is 0 Å². The van der Waals surface area contributed by atoms with E-state index in [1.807, 2.05) is 6.92 Å². The van der Waals surface area contributed by atoms with E-state index in [4.69, 9.17) is 5.73 Å². The van der Waals surface area contributed by atoms with Gasteiger partial charge in [-0.1, -0.05) is 0 Å². The van der Waals surface area contributed by atoms with Crippen LogP contribution in [-0.2, 0) is 6.54 Å². The van der Waals surface area contributed by atoms with Crippen LogP contribution in [0.1, 0.15) is 11.1 Å². The highest BCUT2D eigenvalue weighted by Crippen LogP contribution is 2.27. The van der Waals surface area contributed by atoms with Crippen LogP contribution >= 0.6 is 27.3 Å². The summed E-state index contributed by atoms with van der Waals surface area (Å²) in [5.41, 5.74) is 8.74. The molecular weight excluding hydrogens is 286 g/mol. The average Bonchev–Trinajstić information content (AvgIpc) is 2.78. The summed E-state index contributed by atoms with van der Waals surface area (Å²) in [6.45, 7) is 2.75. The molecule has 0 saturated heterocycles. The van der Waals surface area contributed by atoms with Gasteiger partial charge in [0.25, 0.3) is 0 Å². The summed E-state index contributed by atoms with van der Waals surface area (Å²) in [5.74, 6) is 0.831. The molecule has 0 saturated carbocycles. The van der Waals surface area contributed by atoms with Crippen LogP contribution in [0.4, 0.5) is 11.5 Å². The van der Waals surface area contributed by atoms with Crippen LogP contribution in [0, 0.1) is 6.92 Å². The van der Waals surface area contributed by atoms with Crippen molar-refractivity contribution in [2.24, 2.45) is 0 Å². The maximum atomic E-state index is 5.76. The third-order valence-corrected chi connectivity index (χ3v) is 4.05. The highest BCUT2D eigenvalue weighted by atomic mass is 79.9. The van der Waals surface area contributed by atoms with Gasteiger partial charge in [0.05, 0.1) is 16.4 Å². The molecule has 2 heterocycles. The third-order valence-electron chi connectivity index (χ3n) is 2.34. The molecular formula is C11H12BrN3S. The van der Waals surface area contributed by atoms with Crippen LogP contribution in [0.25, 0.3) is 0 Å². The molecule has 0 unspecified atom stereocenters. The van der Waals surface area contributed by atoms with Crippen LogP contribution in [0.2, 0.25) is 0 Å². The number of halogens is 1. The monoisotopic (exact) mass is 297 g/mol. The van der Waals surface area contributed by atoms with Gasteiger partial charge in [-0.15, -0.1) is 0 Å². The molecule has 0 aliphatic heterocycles. The quantitative estimate of drug-likeness (QED) is 0.913. The van der Waals surface area contributed by atoms with Gasteiger partial charge in [0.15, 0.2) is 0 Å². The molecule has 0 aliphatic carbocycles. The number of aromatic nitrogens is 1. The van der Waals surface area contributed by atoms with E-state index in [-0.39, 0.29) is 0 Å². The van der Waals surface area contributed by atoms with Gasteiger partial charge in [0.1, 0.15) is 5.82 Å². The number of pyridine rings is 1. The average molecular weight is 298 g/mol. The Bertz CT molecular complexity index is 482. The van der Waals surface area contributed by atoms with Gasteiger partial charge in [-0.3, -0.25) is 0 Å². The second-order valence-corrected chi connectivity index (χ2v) is 5.06. The van der Waals surface area contributed by atoms with Gasteiger partial charge in [0.2, 0.25) is 0 Å². The summed E-state index contributed by atoms with van der Waals surface area (Å²) in [7, 11) is 0. The van der Waals surface area contributed by atoms with Crippen molar-refractivity contribution in [1.82, 2.24) is 4.98 Å². The fourth-order valence-electron chi connectivity index (χ4n) is 1.29. The molecule has 2 aromatic heterocycles. The van der Waals surface area contributed by atoms with E-state index in [1.165, 1.54) is 5.56 Å². The molecule has 0 amide bonds. The fourth-order valence-corrected chi connectivity index (χ4v) is 2.43. The Balaban J connectivity index is 2.13. The Morgan fingerprint density at radius 1 is 1.56 bits per heavy atom. The van der Waals surface area contributed by atoms with Crippen molar-refractivity contribution in [3.8, 4) is 0 Å².